The molecular weight excluding hydrogens is 236 g/mol. The van der Waals surface area contributed by atoms with Crippen molar-refractivity contribution in [3.05, 3.63) is 22.8 Å². The molecule has 0 atom stereocenters. The molecule has 1 aromatic rings. The van der Waals surface area contributed by atoms with Gasteiger partial charge in [0.25, 0.3) is 5.76 Å². The molecule has 1 rings (SSSR count). The van der Waals surface area contributed by atoms with Crippen LogP contribution in [-0.2, 0) is 0 Å². The number of hydrogen-bond acceptors (Lipinski definition) is 2. The predicted molar refractivity (Wildman–Crippen MR) is 43.8 cm³/mol. The SMILES string of the molecule is FC(F)Sc1ncccc1Br. The lowest BCUT2D eigenvalue weighted by Gasteiger charge is -1.99. The fourth-order valence-electron chi connectivity index (χ4n) is 0.542. The van der Waals surface area contributed by atoms with E-state index in [1.807, 2.05) is 0 Å². The van der Waals surface area contributed by atoms with Crippen molar-refractivity contribution in [2.24, 2.45) is 0 Å². The number of alkyl halides is 2. The van der Waals surface area contributed by atoms with Crippen molar-refractivity contribution in [1.82, 2.24) is 4.98 Å². The molecule has 0 unspecified atom stereocenters. The first kappa shape index (κ1) is 8.93. The number of rotatable bonds is 2. The summed E-state index contributed by atoms with van der Waals surface area (Å²) >= 11 is 3.54. The van der Waals surface area contributed by atoms with E-state index < -0.39 is 5.76 Å². The maximum Gasteiger partial charge on any atom is 0.290 e. The first-order valence-electron chi connectivity index (χ1n) is 2.75. The quantitative estimate of drug-likeness (QED) is 0.736. The van der Waals surface area contributed by atoms with Gasteiger partial charge in [0.05, 0.1) is 0 Å². The van der Waals surface area contributed by atoms with Gasteiger partial charge in [-0.3, -0.25) is 0 Å². The van der Waals surface area contributed by atoms with E-state index in [2.05, 4.69) is 20.9 Å². The van der Waals surface area contributed by atoms with Crippen molar-refractivity contribution in [3.63, 3.8) is 0 Å². The van der Waals surface area contributed by atoms with Gasteiger partial charge in [0, 0.05) is 10.7 Å². The van der Waals surface area contributed by atoms with Crippen molar-refractivity contribution in [2.45, 2.75) is 10.8 Å². The van der Waals surface area contributed by atoms with Gasteiger partial charge in [-0.25, -0.2) is 4.98 Å². The molecule has 0 spiro atoms. The molecular formula is C6H4BrF2NS. The molecule has 60 valence electrons. The molecule has 0 aliphatic heterocycles. The molecule has 0 N–H and O–H groups in total. The van der Waals surface area contributed by atoms with E-state index in [0.717, 1.165) is 0 Å². The summed E-state index contributed by atoms with van der Waals surface area (Å²) in [7, 11) is 0. The molecule has 0 aliphatic rings. The Bertz CT molecular complexity index is 244. The number of aromatic nitrogens is 1. The molecule has 0 saturated carbocycles. The molecule has 1 aromatic heterocycles. The highest BCUT2D eigenvalue weighted by atomic mass is 79.9. The molecule has 11 heavy (non-hydrogen) atoms. The predicted octanol–water partition coefficient (Wildman–Crippen LogP) is 3.16. The van der Waals surface area contributed by atoms with Crippen molar-refractivity contribution in [1.29, 1.82) is 0 Å². The summed E-state index contributed by atoms with van der Waals surface area (Å²) in [6.07, 6.45) is 1.48. The van der Waals surface area contributed by atoms with Gasteiger partial charge in [0.1, 0.15) is 5.03 Å². The van der Waals surface area contributed by atoms with Crippen molar-refractivity contribution in [2.75, 3.05) is 0 Å². The summed E-state index contributed by atoms with van der Waals surface area (Å²) < 4.78 is 24.2. The minimum Gasteiger partial charge on any atom is -0.249 e. The summed E-state index contributed by atoms with van der Waals surface area (Å²) in [5, 5.41) is 0.322. The molecule has 1 nitrogen and oxygen atoms in total. The Morgan fingerprint density at radius 2 is 2.27 bits per heavy atom. The molecule has 0 radical (unpaired) electrons. The van der Waals surface area contributed by atoms with Gasteiger partial charge >= 0.3 is 0 Å². The third-order valence-electron chi connectivity index (χ3n) is 0.925. The second-order valence-corrected chi connectivity index (χ2v) is 3.50. The van der Waals surface area contributed by atoms with Gasteiger partial charge in [-0.05, 0) is 39.8 Å². The first-order chi connectivity index (χ1) is 5.20. The Morgan fingerprint density at radius 3 is 2.82 bits per heavy atom. The van der Waals surface area contributed by atoms with E-state index in [0.29, 0.717) is 21.3 Å². The van der Waals surface area contributed by atoms with Gasteiger partial charge in [0.15, 0.2) is 0 Å². The fraction of sp³-hybridized carbons (Fsp3) is 0.167. The van der Waals surface area contributed by atoms with Gasteiger partial charge < -0.3 is 0 Å². The third-order valence-corrected chi connectivity index (χ3v) is 2.55. The molecule has 1 heterocycles. The molecule has 0 amide bonds. The summed E-state index contributed by atoms with van der Waals surface area (Å²) in [5.74, 6) is -2.42. The van der Waals surface area contributed by atoms with Crippen LogP contribution in [0.2, 0.25) is 0 Å². The average Bonchev–Trinajstić information content (AvgIpc) is 1.93. The van der Waals surface area contributed by atoms with Crippen molar-refractivity contribution >= 4 is 27.7 Å². The third kappa shape index (κ3) is 2.75. The zero-order valence-electron chi connectivity index (χ0n) is 5.30. The zero-order valence-corrected chi connectivity index (χ0v) is 7.70. The van der Waals surface area contributed by atoms with Gasteiger partial charge in [-0.1, -0.05) is 0 Å². The van der Waals surface area contributed by atoms with Gasteiger partial charge in [-0.2, -0.15) is 8.78 Å². The Morgan fingerprint density at radius 1 is 1.55 bits per heavy atom. The summed E-state index contributed by atoms with van der Waals surface area (Å²) in [4.78, 5) is 3.75. The van der Waals surface area contributed by atoms with Crippen LogP contribution < -0.4 is 0 Å². The molecule has 0 bridgehead atoms. The van der Waals surface area contributed by atoms with Gasteiger partial charge in [-0.15, -0.1) is 0 Å². The number of hydrogen-bond donors (Lipinski definition) is 0. The van der Waals surface area contributed by atoms with E-state index in [1.54, 1.807) is 12.1 Å². The van der Waals surface area contributed by atoms with Crippen LogP contribution in [0, 0.1) is 0 Å². The van der Waals surface area contributed by atoms with E-state index in [-0.39, 0.29) is 0 Å². The number of halogens is 3. The highest BCUT2D eigenvalue weighted by Crippen LogP contribution is 2.29. The Hall–Kier alpha value is -0.160. The van der Waals surface area contributed by atoms with E-state index in [1.165, 1.54) is 6.20 Å². The maximum atomic E-state index is 11.8. The lowest BCUT2D eigenvalue weighted by molar-refractivity contribution is 0.252. The van der Waals surface area contributed by atoms with Crippen LogP contribution >= 0.6 is 27.7 Å². The Kier molecular flexibility index (Phi) is 3.26. The van der Waals surface area contributed by atoms with E-state index in [4.69, 9.17) is 0 Å². The van der Waals surface area contributed by atoms with Crippen molar-refractivity contribution < 1.29 is 8.78 Å². The maximum absolute atomic E-state index is 11.8. The summed E-state index contributed by atoms with van der Waals surface area (Å²) in [5.41, 5.74) is 0. The molecule has 0 aromatic carbocycles. The number of nitrogens with zero attached hydrogens (tertiary/aromatic N) is 1. The second kappa shape index (κ2) is 4.01. The minimum absolute atomic E-state index is 0.322. The van der Waals surface area contributed by atoms with Crippen LogP contribution in [0.5, 0.6) is 0 Å². The van der Waals surface area contributed by atoms with Crippen LogP contribution in [0.1, 0.15) is 0 Å². The van der Waals surface area contributed by atoms with Crippen LogP contribution in [0.4, 0.5) is 8.78 Å². The zero-order chi connectivity index (χ0) is 8.27. The highest BCUT2D eigenvalue weighted by molar-refractivity contribution is 9.10. The van der Waals surface area contributed by atoms with E-state index >= 15 is 0 Å². The van der Waals surface area contributed by atoms with Crippen LogP contribution in [-0.4, -0.2) is 10.7 Å². The molecule has 0 saturated heterocycles. The number of pyridine rings is 1. The van der Waals surface area contributed by atoms with Crippen molar-refractivity contribution in [3.8, 4) is 0 Å². The standard InChI is InChI=1S/C6H4BrF2NS/c7-4-2-1-3-10-5(4)11-6(8)9/h1-3,6H. The Labute approximate surface area is 75.3 Å². The van der Waals surface area contributed by atoms with Crippen LogP contribution in [0.15, 0.2) is 27.8 Å². The summed E-state index contributed by atoms with van der Waals surface area (Å²) in [6.45, 7) is 0. The monoisotopic (exact) mass is 239 g/mol. The Balaban J connectivity index is 2.78. The molecule has 0 aliphatic carbocycles. The second-order valence-electron chi connectivity index (χ2n) is 1.67. The van der Waals surface area contributed by atoms with Crippen LogP contribution in [0.3, 0.4) is 0 Å². The molecule has 0 fully saturated rings. The van der Waals surface area contributed by atoms with Gasteiger partial charge in [0.2, 0.25) is 0 Å². The first-order valence-corrected chi connectivity index (χ1v) is 4.43. The smallest absolute Gasteiger partial charge is 0.249 e. The highest BCUT2D eigenvalue weighted by Gasteiger charge is 2.08. The normalized spacial score (nSPS) is 10.5. The average molecular weight is 240 g/mol. The topological polar surface area (TPSA) is 12.9 Å². The lowest BCUT2D eigenvalue weighted by Crippen LogP contribution is -1.85. The number of thioether (sulfide) groups is 1. The fourth-order valence-corrected chi connectivity index (χ4v) is 1.55. The van der Waals surface area contributed by atoms with Crippen LogP contribution in [0.25, 0.3) is 0 Å². The van der Waals surface area contributed by atoms with E-state index in [9.17, 15) is 8.78 Å². The lowest BCUT2D eigenvalue weighted by atomic mass is 10.5. The minimum atomic E-state index is -2.42. The summed E-state index contributed by atoms with van der Waals surface area (Å²) in [6, 6.07) is 3.36. The molecule has 5 heteroatoms. The largest absolute Gasteiger partial charge is 0.290 e.